The maximum absolute atomic E-state index is 12.8. The molecule has 27 heavy (non-hydrogen) atoms. The van der Waals surface area contributed by atoms with E-state index in [9.17, 15) is 9.59 Å². The molecule has 1 aliphatic heterocycles. The van der Waals surface area contributed by atoms with Gasteiger partial charge in [-0.2, -0.15) is 0 Å². The Morgan fingerprint density at radius 3 is 2.85 bits per heavy atom. The maximum atomic E-state index is 12.8. The molecule has 1 aromatic heterocycles. The van der Waals surface area contributed by atoms with Crippen molar-refractivity contribution in [3.05, 3.63) is 47.7 Å². The van der Waals surface area contributed by atoms with Crippen molar-refractivity contribution in [3.8, 4) is 11.6 Å². The number of carbonyl (C=O) groups excluding carboxylic acids is 2. The lowest BCUT2D eigenvalue weighted by atomic mass is 10.1. The Balaban J connectivity index is 1.77. The summed E-state index contributed by atoms with van der Waals surface area (Å²) >= 11 is 0. The first-order valence-electron chi connectivity index (χ1n) is 8.70. The van der Waals surface area contributed by atoms with Gasteiger partial charge in [-0.25, -0.2) is 9.78 Å². The van der Waals surface area contributed by atoms with E-state index in [1.807, 2.05) is 13.0 Å². The van der Waals surface area contributed by atoms with Crippen molar-refractivity contribution in [1.29, 1.82) is 0 Å². The van der Waals surface area contributed by atoms with E-state index in [1.165, 1.54) is 13.3 Å². The maximum Gasteiger partial charge on any atom is 0.319 e. The van der Waals surface area contributed by atoms with Crippen molar-refractivity contribution in [2.45, 2.75) is 13.5 Å². The second-order valence-electron chi connectivity index (χ2n) is 5.97. The number of fused-ring (bicyclic) bond motifs is 1. The molecule has 1 aliphatic rings. The predicted molar refractivity (Wildman–Crippen MR) is 100 cm³/mol. The van der Waals surface area contributed by atoms with Gasteiger partial charge in [-0.3, -0.25) is 4.79 Å². The van der Waals surface area contributed by atoms with Crippen LogP contribution in [0.5, 0.6) is 11.6 Å². The van der Waals surface area contributed by atoms with E-state index >= 15 is 0 Å². The van der Waals surface area contributed by atoms with Crippen LogP contribution in [-0.2, 0) is 6.54 Å². The lowest BCUT2D eigenvalue weighted by molar-refractivity contribution is 0.0732. The van der Waals surface area contributed by atoms with Gasteiger partial charge in [0, 0.05) is 36.6 Å². The third-order valence-electron chi connectivity index (χ3n) is 4.12. The average molecular weight is 370 g/mol. The number of hydrogen-bond donors (Lipinski definition) is 2. The van der Waals surface area contributed by atoms with E-state index in [1.54, 1.807) is 29.2 Å². The van der Waals surface area contributed by atoms with Gasteiger partial charge in [0.1, 0.15) is 12.4 Å². The molecule has 0 bridgehead atoms. The molecule has 0 saturated heterocycles. The van der Waals surface area contributed by atoms with Crippen molar-refractivity contribution < 1.29 is 19.1 Å². The van der Waals surface area contributed by atoms with Crippen molar-refractivity contribution in [3.63, 3.8) is 0 Å². The Kier molecular flexibility index (Phi) is 5.75. The molecule has 8 heteroatoms. The summed E-state index contributed by atoms with van der Waals surface area (Å²) in [4.78, 5) is 30.3. The van der Waals surface area contributed by atoms with Crippen LogP contribution in [0, 0.1) is 0 Å². The van der Waals surface area contributed by atoms with Crippen LogP contribution in [0.4, 0.5) is 10.5 Å². The molecule has 2 heterocycles. The first kappa shape index (κ1) is 18.5. The lowest BCUT2D eigenvalue weighted by Crippen LogP contribution is -2.32. The number of anilines is 1. The number of amides is 3. The summed E-state index contributed by atoms with van der Waals surface area (Å²) in [5, 5.41) is 5.45. The number of hydrogen-bond acceptors (Lipinski definition) is 5. The topological polar surface area (TPSA) is 92.8 Å². The Morgan fingerprint density at radius 2 is 2.15 bits per heavy atom. The van der Waals surface area contributed by atoms with Gasteiger partial charge in [-0.1, -0.05) is 0 Å². The first-order valence-corrected chi connectivity index (χ1v) is 8.70. The molecule has 3 amide bonds. The molecule has 0 saturated carbocycles. The largest absolute Gasteiger partial charge is 0.491 e. The average Bonchev–Trinajstić information content (AvgIpc) is 2.89. The lowest BCUT2D eigenvalue weighted by Gasteiger charge is -2.20. The number of rotatable bonds is 4. The molecule has 0 fully saturated rings. The molecule has 0 unspecified atom stereocenters. The third-order valence-corrected chi connectivity index (χ3v) is 4.12. The van der Waals surface area contributed by atoms with Crippen molar-refractivity contribution in [1.82, 2.24) is 15.2 Å². The van der Waals surface area contributed by atoms with E-state index in [-0.39, 0.29) is 11.9 Å². The Bertz CT molecular complexity index is 823. The highest BCUT2D eigenvalue weighted by atomic mass is 16.5. The molecular formula is C19H22N4O4. The van der Waals surface area contributed by atoms with E-state index in [2.05, 4.69) is 15.6 Å². The summed E-state index contributed by atoms with van der Waals surface area (Å²) < 4.78 is 10.8. The molecular weight excluding hydrogens is 348 g/mol. The van der Waals surface area contributed by atoms with E-state index in [4.69, 9.17) is 9.47 Å². The van der Waals surface area contributed by atoms with Crippen LogP contribution >= 0.6 is 0 Å². The van der Waals surface area contributed by atoms with E-state index in [0.717, 1.165) is 5.56 Å². The van der Waals surface area contributed by atoms with Crippen LogP contribution in [0.15, 0.2) is 36.5 Å². The predicted octanol–water partition coefficient (Wildman–Crippen LogP) is 2.27. The van der Waals surface area contributed by atoms with Gasteiger partial charge in [0.05, 0.1) is 19.2 Å². The van der Waals surface area contributed by atoms with Gasteiger partial charge < -0.3 is 25.0 Å². The monoisotopic (exact) mass is 370 g/mol. The van der Waals surface area contributed by atoms with Crippen LogP contribution in [0.2, 0.25) is 0 Å². The molecule has 0 spiro atoms. The number of methoxy groups -OCH3 is 1. The van der Waals surface area contributed by atoms with Crippen LogP contribution in [0.25, 0.3) is 0 Å². The zero-order chi connectivity index (χ0) is 19.2. The van der Waals surface area contributed by atoms with Crippen LogP contribution in [0.3, 0.4) is 0 Å². The Morgan fingerprint density at radius 1 is 1.30 bits per heavy atom. The SMILES string of the molecule is CCNC(=O)Nc1ccc2c(c1)CN(C(=O)c1ccc(OC)nc1)CCO2. The summed E-state index contributed by atoms with van der Waals surface area (Å²) in [6.07, 6.45) is 1.50. The highest BCUT2D eigenvalue weighted by Crippen LogP contribution is 2.27. The van der Waals surface area contributed by atoms with Crippen molar-refractivity contribution >= 4 is 17.6 Å². The number of ether oxygens (including phenoxy) is 2. The fourth-order valence-corrected chi connectivity index (χ4v) is 2.79. The molecule has 142 valence electrons. The van der Waals surface area contributed by atoms with Gasteiger partial charge in [0.15, 0.2) is 0 Å². The minimum Gasteiger partial charge on any atom is -0.491 e. The molecule has 8 nitrogen and oxygen atoms in total. The first-order chi connectivity index (χ1) is 13.1. The summed E-state index contributed by atoms with van der Waals surface area (Å²) in [5.41, 5.74) is 1.95. The summed E-state index contributed by atoms with van der Waals surface area (Å²) in [7, 11) is 1.53. The zero-order valence-corrected chi connectivity index (χ0v) is 15.3. The molecule has 0 aliphatic carbocycles. The number of nitrogens with zero attached hydrogens (tertiary/aromatic N) is 2. The van der Waals surface area contributed by atoms with E-state index < -0.39 is 0 Å². The van der Waals surface area contributed by atoms with Gasteiger partial charge in [-0.05, 0) is 31.2 Å². The standard InChI is InChI=1S/C19H22N4O4/c1-3-20-19(25)22-15-5-6-16-14(10-15)12-23(8-9-27-16)18(24)13-4-7-17(26-2)21-11-13/h4-7,10-11H,3,8-9,12H2,1-2H3,(H2,20,22,25). The number of aromatic nitrogens is 1. The smallest absolute Gasteiger partial charge is 0.319 e. The summed E-state index contributed by atoms with van der Waals surface area (Å²) in [5.74, 6) is 1.03. The number of benzene rings is 1. The van der Waals surface area contributed by atoms with Crippen molar-refractivity contribution in [2.75, 3.05) is 32.1 Å². The second kappa shape index (κ2) is 8.39. The summed E-state index contributed by atoms with van der Waals surface area (Å²) in [6.45, 7) is 3.62. The molecule has 1 aromatic carbocycles. The highest BCUT2D eigenvalue weighted by molar-refractivity contribution is 5.94. The van der Waals surface area contributed by atoms with Gasteiger partial charge in [0.25, 0.3) is 5.91 Å². The zero-order valence-electron chi connectivity index (χ0n) is 15.3. The summed E-state index contributed by atoms with van der Waals surface area (Å²) in [6, 6.07) is 8.48. The fourth-order valence-electron chi connectivity index (χ4n) is 2.79. The minimum absolute atomic E-state index is 0.135. The fraction of sp³-hybridized carbons (Fsp3) is 0.316. The van der Waals surface area contributed by atoms with Crippen LogP contribution in [0.1, 0.15) is 22.8 Å². The van der Waals surface area contributed by atoms with Crippen LogP contribution < -0.4 is 20.1 Å². The second-order valence-corrected chi connectivity index (χ2v) is 5.97. The Hall–Kier alpha value is -3.29. The Labute approximate surface area is 157 Å². The minimum atomic E-state index is -0.274. The van der Waals surface area contributed by atoms with Gasteiger partial charge >= 0.3 is 6.03 Å². The van der Waals surface area contributed by atoms with Crippen LogP contribution in [-0.4, -0.2) is 48.6 Å². The quantitative estimate of drug-likeness (QED) is 0.861. The normalized spacial score (nSPS) is 13.0. The molecule has 3 rings (SSSR count). The van der Waals surface area contributed by atoms with Gasteiger partial charge in [0.2, 0.25) is 5.88 Å². The van der Waals surface area contributed by atoms with Gasteiger partial charge in [-0.15, -0.1) is 0 Å². The highest BCUT2D eigenvalue weighted by Gasteiger charge is 2.22. The number of nitrogens with one attached hydrogen (secondary N) is 2. The number of urea groups is 1. The van der Waals surface area contributed by atoms with Crippen molar-refractivity contribution in [2.24, 2.45) is 0 Å². The molecule has 0 radical (unpaired) electrons. The molecule has 0 atom stereocenters. The van der Waals surface area contributed by atoms with E-state index in [0.29, 0.717) is 49.1 Å². The third kappa shape index (κ3) is 4.46. The molecule has 2 N–H and O–H groups in total. The number of pyridine rings is 1. The number of carbonyl (C=O) groups is 2. The molecule has 2 aromatic rings.